The normalized spacial score (nSPS) is 10.4. The van der Waals surface area contributed by atoms with Gasteiger partial charge in [-0.15, -0.1) is 0 Å². The van der Waals surface area contributed by atoms with E-state index >= 15 is 0 Å². The molecule has 0 bridgehead atoms. The lowest BCUT2D eigenvalue weighted by Crippen LogP contribution is -2.09. The lowest BCUT2D eigenvalue weighted by Gasteiger charge is -2.07. The number of nitrogens with two attached hydrogens (primary N) is 4. The van der Waals surface area contributed by atoms with Crippen molar-refractivity contribution in [1.29, 1.82) is 0 Å². The van der Waals surface area contributed by atoms with Crippen molar-refractivity contribution < 1.29 is 0 Å². The Morgan fingerprint density at radius 1 is 0.929 bits per heavy atom. The minimum Gasteiger partial charge on any atom is -0.383 e. The van der Waals surface area contributed by atoms with Gasteiger partial charge in [-0.1, -0.05) is 0 Å². The van der Waals surface area contributed by atoms with Crippen molar-refractivity contribution in [1.82, 2.24) is 9.97 Å². The van der Waals surface area contributed by atoms with Crippen LogP contribution in [0.2, 0.25) is 0 Å². The number of hydrogen-bond donors (Lipinski definition) is 4. The largest absolute Gasteiger partial charge is 0.383 e. The van der Waals surface area contributed by atoms with Gasteiger partial charge >= 0.3 is 0 Å². The minimum absolute atomic E-state index is 0.113. The zero-order valence-corrected chi connectivity index (χ0v) is 8.03. The summed E-state index contributed by atoms with van der Waals surface area (Å²) in [5.74, 6) is 0.849. The Hall–Kier alpha value is -1.56. The SMILES string of the molecule is NCCCCc1c(N)nc(N)nc1N. The zero-order chi connectivity index (χ0) is 10.6. The molecule has 1 rings (SSSR count). The van der Waals surface area contributed by atoms with E-state index in [4.69, 9.17) is 22.9 Å². The predicted octanol–water partition coefficient (Wildman–Crippen LogP) is -0.495. The molecule has 0 fully saturated rings. The molecule has 0 spiro atoms. The average molecular weight is 196 g/mol. The molecular formula is C8H16N6. The van der Waals surface area contributed by atoms with Crippen LogP contribution in [0.5, 0.6) is 0 Å². The molecule has 0 aliphatic carbocycles. The number of aromatic nitrogens is 2. The zero-order valence-electron chi connectivity index (χ0n) is 8.03. The van der Waals surface area contributed by atoms with E-state index in [1.807, 2.05) is 0 Å². The van der Waals surface area contributed by atoms with Crippen molar-refractivity contribution in [3.63, 3.8) is 0 Å². The van der Waals surface area contributed by atoms with Crippen LogP contribution in [-0.4, -0.2) is 16.5 Å². The van der Waals surface area contributed by atoms with Gasteiger partial charge < -0.3 is 22.9 Å². The van der Waals surface area contributed by atoms with Crippen molar-refractivity contribution in [3.05, 3.63) is 5.56 Å². The van der Waals surface area contributed by atoms with Gasteiger partial charge in [0.1, 0.15) is 11.6 Å². The van der Waals surface area contributed by atoms with Crippen molar-refractivity contribution in [2.75, 3.05) is 23.7 Å². The van der Waals surface area contributed by atoms with Crippen LogP contribution in [0.4, 0.5) is 17.6 Å². The van der Waals surface area contributed by atoms with Gasteiger partial charge in [0.05, 0.1) is 0 Å². The molecule has 0 unspecified atom stereocenters. The summed E-state index contributed by atoms with van der Waals surface area (Å²) in [6, 6.07) is 0. The van der Waals surface area contributed by atoms with E-state index in [2.05, 4.69) is 9.97 Å². The highest BCUT2D eigenvalue weighted by molar-refractivity contribution is 5.55. The van der Waals surface area contributed by atoms with Crippen molar-refractivity contribution >= 4 is 17.6 Å². The van der Waals surface area contributed by atoms with E-state index in [0.29, 0.717) is 18.2 Å². The average Bonchev–Trinajstić information content (AvgIpc) is 2.09. The molecule has 0 amide bonds. The summed E-state index contributed by atoms with van der Waals surface area (Å²) in [7, 11) is 0. The maximum absolute atomic E-state index is 5.66. The number of unbranched alkanes of at least 4 members (excludes halogenated alkanes) is 1. The standard InChI is InChI=1S/C8H16N6/c9-4-2-1-3-5-6(10)13-8(12)14-7(5)11/h1-4,9H2,(H6,10,11,12,13,14). The molecule has 1 heterocycles. The third-order valence-electron chi connectivity index (χ3n) is 1.97. The first-order valence-corrected chi connectivity index (χ1v) is 4.52. The van der Waals surface area contributed by atoms with Crippen LogP contribution < -0.4 is 22.9 Å². The van der Waals surface area contributed by atoms with E-state index < -0.39 is 0 Å². The Balaban J connectivity index is 2.75. The van der Waals surface area contributed by atoms with Gasteiger partial charge in [0.2, 0.25) is 5.95 Å². The molecule has 0 radical (unpaired) electrons. The fourth-order valence-electron chi connectivity index (χ4n) is 1.24. The van der Waals surface area contributed by atoms with Gasteiger partial charge in [-0.2, -0.15) is 9.97 Å². The number of hydrogen-bond acceptors (Lipinski definition) is 6. The summed E-state index contributed by atoms with van der Waals surface area (Å²) in [5, 5.41) is 0. The molecule has 1 aromatic rings. The first-order chi connectivity index (χ1) is 6.65. The second-order valence-corrected chi connectivity index (χ2v) is 3.08. The van der Waals surface area contributed by atoms with Crippen LogP contribution >= 0.6 is 0 Å². The summed E-state index contributed by atoms with van der Waals surface area (Å²) in [6.45, 7) is 0.662. The quantitative estimate of drug-likeness (QED) is 0.480. The molecule has 78 valence electrons. The molecule has 1 aromatic heterocycles. The second-order valence-electron chi connectivity index (χ2n) is 3.08. The second kappa shape index (κ2) is 4.61. The maximum atomic E-state index is 5.66. The highest BCUT2D eigenvalue weighted by Gasteiger charge is 2.07. The minimum atomic E-state index is 0.113. The van der Waals surface area contributed by atoms with Crippen molar-refractivity contribution in [3.8, 4) is 0 Å². The maximum Gasteiger partial charge on any atom is 0.223 e. The van der Waals surface area contributed by atoms with Gasteiger partial charge in [-0.05, 0) is 25.8 Å². The van der Waals surface area contributed by atoms with Crippen LogP contribution in [0.15, 0.2) is 0 Å². The van der Waals surface area contributed by atoms with Crippen LogP contribution in [0.1, 0.15) is 18.4 Å². The van der Waals surface area contributed by atoms with E-state index in [1.165, 1.54) is 0 Å². The molecule has 0 atom stereocenters. The fraction of sp³-hybridized carbons (Fsp3) is 0.500. The molecule has 0 aliphatic heterocycles. The molecule has 8 N–H and O–H groups in total. The van der Waals surface area contributed by atoms with E-state index in [9.17, 15) is 0 Å². The van der Waals surface area contributed by atoms with Crippen LogP contribution in [0.25, 0.3) is 0 Å². The first-order valence-electron chi connectivity index (χ1n) is 4.52. The Labute approximate surface area is 82.7 Å². The van der Waals surface area contributed by atoms with Gasteiger partial charge in [0.25, 0.3) is 0 Å². The number of rotatable bonds is 4. The van der Waals surface area contributed by atoms with Crippen molar-refractivity contribution in [2.45, 2.75) is 19.3 Å². The Morgan fingerprint density at radius 3 is 2.00 bits per heavy atom. The highest BCUT2D eigenvalue weighted by atomic mass is 15.1. The summed E-state index contributed by atoms with van der Waals surface area (Å²) in [4.78, 5) is 7.69. The third-order valence-corrected chi connectivity index (χ3v) is 1.97. The third kappa shape index (κ3) is 2.46. The van der Waals surface area contributed by atoms with Gasteiger partial charge in [0, 0.05) is 5.56 Å². The molecule has 0 aliphatic rings. The summed E-state index contributed by atoms with van der Waals surface area (Å²) < 4.78 is 0. The number of nitrogen functional groups attached to an aromatic ring is 3. The lowest BCUT2D eigenvalue weighted by atomic mass is 10.1. The molecule has 0 aromatic carbocycles. The Kier molecular flexibility index (Phi) is 3.47. The predicted molar refractivity (Wildman–Crippen MR) is 57.3 cm³/mol. The number of anilines is 3. The lowest BCUT2D eigenvalue weighted by molar-refractivity contribution is 0.743. The molecule has 0 saturated heterocycles. The van der Waals surface area contributed by atoms with E-state index in [0.717, 1.165) is 24.8 Å². The topological polar surface area (TPSA) is 130 Å². The molecule has 6 nitrogen and oxygen atoms in total. The van der Waals surface area contributed by atoms with Crippen LogP contribution in [-0.2, 0) is 6.42 Å². The molecule has 14 heavy (non-hydrogen) atoms. The Morgan fingerprint density at radius 2 is 1.50 bits per heavy atom. The summed E-state index contributed by atoms with van der Waals surface area (Å²) >= 11 is 0. The Bertz CT molecular complexity index is 288. The summed E-state index contributed by atoms with van der Waals surface area (Å²) in [5.41, 5.74) is 22.9. The summed E-state index contributed by atoms with van der Waals surface area (Å²) in [6.07, 6.45) is 2.61. The van der Waals surface area contributed by atoms with Gasteiger partial charge in [-0.25, -0.2) is 0 Å². The first kappa shape index (κ1) is 10.5. The number of nitrogens with zero attached hydrogens (tertiary/aromatic N) is 2. The molecule has 6 heteroatoms. The van der Waals surface area contributed by atoms with Crippen molar-refractivity contribution in [2.24, 2.45) is 5.73 Å². The van der Waals surface area contributed by atoms with Crippen LogP contribution in [0.3, 0.4) is 0 Å². The smallest absolute Gasteiger partial charge is 0.223 e. The van der Waals surface area contributed by atoms with Crippen LogP contribution in [0, 0.1) is 0 Å². The monoisotopic (exact) mass is 196 g/mol. The van der Waals surface area contributed by atoms with Gasteiger partial charge in [0.15, 0.2) is 0 Å². The van der Waals surface area contributed by atoms with E-state index in [-0.39, 0.29) is 5.95 Å². The molecular weight excluding hydrogens is 180 g/mol. The highest BCUT2D eigenvalue weighted by Crippen LogP contribution is 2.18. The van der Waals surface area contributed by atoms with E-state index in [1.54, 1.807) is 0 Å². The molecule has 0 saturated carbocycles. The fourth-order valence-corrected chi connectivity index (χ4v) is 1.24. The van der Waals surface area contributed by atoms with Gasteiger partial charge in [-0.3, -0.25) is 0 Å².